The average Bonchev–Trinajstić information content (AvgIpc) is 3.04. The molecule has 9 nitrogen and oxygen atoms in total. The van der Waals surface area contributed by atoms with Gasteiger partial charge in [0.1, 0.15) is 24.1 Å². The SMILES string of the molecule is CCC(C(=O)NC1CCCCC1)N(Cc1ccc(OC)cc1)C(=O)CN(c1cccc(Cl)c1)S(=O)(=O)c1ccc(OC)cc1. The van der Waals surface area contributed by atoms with Crippen molar-refractivity contribution in [2.24, 2.45) is 0 Å². The largest absolute Gasteiger partial charge is 0.497 e. The number of hydrogen-bond donors (Lipinski definition) is 1. The third-order valence-electron chi connectivity index (χ3n) is 7.87. The van der Waals surface area contributed by atoms with Gasteiger partial charge in [-0.2, -0.15) is 0 Å². The summed E-state index contributed by atoms with van der Waals surface area (Å²) in [4.78, 5) is 29.4. The van der Waals surface area contributed by atoms with Crippen molar-refractivity contribution in [1.29, 1.82) is 0 Å². The van der Waals surface area contributed by atoms with E-state index in [1.165, 1.54) is 30.2 Å². The van der Waals surface area contributed by atoms with Gasteiger partial charge < -0.3 is 19.7 Å². The van der Waals surface area contributed by atoms with Gasteiger partial charge in [-0.1, -0.05) is 56.0 Å². The minimum Gasteiger partial charge on any atom is -0.497 e. The van der Waals surface area contributed by atoms with E-state index in [0.29, 0.717) is 22.9 Å². The number of ether oxygens (including phenoxy) is 2. The van der Waals surface area contributed by atoms with Crippen molar-refractivity contribution in [2.75, 3.05) is 25.1 Å². The van der Waals surface area contributed by atoms with Gasteiger partial charge in [0.15, 0.2) is 0 Å². The zero-order chi connectivity index (χ0) is 31.7. The highest BCUT2D eigenvalue weighted by molar-refractivity contribution is 7.92. The molecular formula is C33H40ClN3O6S. The zero-order valence-corrected chi connectivity index (χ0v) is 26.9. The van der Waals surface area contributed by atoms with Crippen LogP contribution < -0.4 is 19.1 Å². The fraction of sp³-hybridized carbons (Fsp3) is 0.394. The molecule has 3 aromatic carbocycles. The van der Waals surface area contributed by atoms with Crippen LogP contribution in [0, 0.1) is 0 Å². The van der Waals surface area contributed by atoms with Gasteiger partial charge >= 0.3 is 0 Å². The summed E-state index contributed by atoms with van der Waals surface area (Å²) >= 11 is 6.27. The number of hydrogen-bond acceptors (Lipinski definition) is 6. The van der Waals surface area contributed by atoms with Gasteiger partial charge in [-0.25, -0.2) is 8.42 Å². The molecule has 1 unspecified atom stereocenters. The number of methoxy groups -OCH3 is 2. The fourth-order valence-corrected chi connectivity index (χ4v) is 7.02. The smallest absolute Gasteiger partial charge is 0.264 e. The summed E-state index contributed by atoms with van der Waals surface area (Å²) in [5, 5.41) is 3.47. The van der Waals surface area contributed by atoms with E-state index in [2.05, 4.69) is 5.32 Å². The molecule has 0 aliphatic heterocycles. The lowest BCUT2D eigenvalue weighted by molar-refractivity contribution is -0.140. The van der Waals surface area contributed by atoms with E-state index in [0.717, 1.165) is 42.0 Å². The summed E-state index contributed by atoms with van der Waals surface area (Å²) in [5.41, 5.74) is 1.00. The van der Waals surface area contributed by atoms with Crippen LogP contribution in [0.25, 0.3) is 0 Å². The molecule has 0 spiro atoms. The predicted octanol–water partition coefficient (Wildman–Crippen LogP) is 5.81. The van der Waals surface area contributed by atoms with E-state index in [1.54, 1.807) is 49.6 Å². The molecule has 1 N–H and O–H groups in total. The summed E-state index contributed by atoms with van der Waals surface area (Å²) < 4.78 is 39.6. The van der Waals surface area contributed by atoms with Gasteiger partial charge in [0.05, 0.1) is 24.8 Å². The highest BCUT2D eigenvalue weighted by Gasteiger charge is 2.34. The molecule has 44 heavy (non-hydrogen) atoms. The third kappa shape index (κ3) is 8.24. The van der Waals surface area contributed by atoms with Crippen LogP contribution in [0.1, 0.15) is 51.0 Å². The molecule has 4 rings (SSSR count). The molecule has 0 heterocycles. The predicted molar refractivity (Wildman–Crippen MR) is 172 cm³/mol. The molecule has 11 heteroatoms. The van der Waals surface area contributed by atoms with Crippen LogP contribution >= 0.6 is 11.6 Å². The number of amides is 2. The Labute approximate surface area is 265 Å². The minimum atomic E-state index is -4.23. The lowest BCUT2D eigenvalue weighted by Gasteiger charge is -2.34. The van der Waals surface area contributed by atoms with Crippen molar-refractivity contribution in [1.82, 2.24) is 10.2 Å². The standard InChI is InChI=1S/C33H40ClN3O6S/c1-4-31(33(39)35-26-10-6-5-7-11-26)36(22-24-13-15-28(42-2)16-14-24)32(38)23-37(27-12-8-9-25(34)21-27)44(40,41)30-19-17-29(43-3)18-20-30/h8-9,12-21,26,31H,4-7,10-11,22-23H2,1-3H3,(H,35,39). The first-order valence-corrected chi connectivity index (χ1v) is 16.6. The summed E-state index contributed by atoms with van der Waals surface area (Å²) in [6.07, 6.45) is 5.40. The Kier molecular flexibility index (Phi) is 11.5. The number of nitrogens with one attached hydrogen (secondary N) is 1. The van der Waals surface area contributed by atoms with Gasteiger partial charge in [-0.3, -0.25) is 13.9 Å². The second kappa shape index (κ2) is 15.3. The molecule has 0 saturated heterocycles. The number of carbonyl (C=O) groups is 2. The summed E-state index contributed by atoms with van der Waals surface area (Å²) in [6.45, 7) is 1.41. The molecule has 0 radical (unpaired) electrons. The Morgan fingerprint density at radius 2 is 1.55 bits per heavy atom. The van der Waals surface area contributed by atoms with Crippen LogP contribution in [0.4, 0.5) is 5.69 Å². The number of rotatable bonds is 13. The van der Waals surface area contributed by atoms with Crippen LogP contribution in [-0.2, 0) is 26.2 Å². The molecule has 236 valence electrons. The van der Waals surface area contributed by atoms with E-state index in [4.69, 9.17) is 21.1 Å². The Bertz CT molecular complexity index is 1510. The molecular weight excluding hydrogens is 602 g/mol. The Morgan fingerprint density at radius 1 is 0.932 bits per heavy atom. The average molecular weight is 642 g/mol. The number of sulfonamides is 1. The molecule has 2 amide bonds. The van der Waals surface area contributed by atoms with Crippen molar-refractivity contribution < 1.29 is 27.5 Å². The van der Waals surface area contributed by atoms with Crippen molar-refractivity contribution in [2.45, 2.75) is 69.0 Å². The highest BCUT2D eigenvalue weighted by Crippen LogP contribution is 2.28. The molecule has 3 aromatic rings. The quantitative estimate of drug-likeness (QED) is 0.253. The van der Waals surface area contributed by atoms with Gasteiger partial charge in [0, 0.05) is 17.6 Å². The van der Waals surface area contributed by atoms with Gasteiger partial charge in [0.2, 0.25) is 11.8 Å². The number of carbonyl (C=O) groups excluding carboxylic acids is 2. The van der Waals surface area contributed by atoms with Crippen molar-refractivity contribution in [3.63, 3.8) is 0 Å². The van der Waals surface area contributed by atoms with Crippen LogP contribution in [0.5, 0.6) is 11.5 Å². The fourth-order valence-electron chi connectivity index (χ4n) is 5.43. The summed E-state index contributed by atoms with van der Waals surface area (Å²) in [6, 6.07) is 18.8. The van der Waals surface area contributed by atoms with Crippen LogP contribution in [0.3, 0.4) is 0 Å². The van der Waals surface area contributed by atoms with E-state index in [9.17, 15) is 18.0 Å². The number of anilines is 1. The van der Waals surface area contributed by atoms with E-state index in [-0.39, 0.29) is 29.1 Å². The van der Waals surface area contributed by atoms with Gasteiger partial charge in [-0.05, 0) is 79.4 Å². The molecule has 0 bridgehead atoms. The minimum absolute atomic E-state index is 0.0186. The van der Waals surface area contributed by atoms with Gasteiger partial charge in [0.25, 0.3) is 10.0 Å². The van der Waals surface area contributed by atoms with E-state index in [1.807, 2.05) is 19.1 Å². The molecule has 1 saturated carbocycles. The number of halogens is 1. The molecule has 1 aliphatic carbocycles. The number of benzene rings is 3. The third-order valence-corrected chi connectivity index (χ3v) is 9.90. The van der Waals surface area contributed by atoms with E-state index >= 15 is 0 Å². The maximum atomic E-state index is 14.3. The normalized spacial score (nSPS) is 14.4. The first-order valence-electron chi connectivity index (χ1n) is 14.8. The lowest BCUT2D eigenvalue weighted by atomic mass is 9.95. The second-order valence-electron chi connectivity index (χ2n) is 10.8. The second-order valence-corrected chi connectivity index (χ2v) is 13.1. The van der Waals surface area contributed by atoms with Gasteiger partial charge in [-0.15, -0.1) is 0 Å². The molecule has 1 atom stereocenters. The van der Waals surface area contributed by atoms with Crippen LogP contribution in [0.2, 0.25) is 5.02 Å². The molecule has 1 fully saturated rings. The molecule has 1 aliphatic rings. The van der Waals surface area contributed by atoms with Crippen molar-refractivity contribution >= 4 is 39.1 Å². The Hall–Kier alpha value is -3.76. The highest BCUT2D eigenvalue weighted by atomic mass is 35.5. The van der Waals surface area contributed by atoms with E-state index < -0.39 is 28.5 Å². The first kappa shape index (κ1) is 33.1. The lowest BCUT2D eigenvalue weighted by Crippen LogP contribution is -2.54. The Balaban J connectivity index is 1.70. The maximum absolute atomic E-state index is 14.3. The maximum Gasteiger partial charge on any atom is 0.264 e. The van der Waals surface area contributed by atoms with Crippen LogP contribution in [-0.4, -0.2) is 58.0 Å². The zero-order valence-electron chi connectivity index (χ0n) is 25.4. The van der Waals surface area contributed by atoms with Crippen molar-refractivity contribution in [3.8, 4) is 11.5 Å². The summed E-state index contributed by atoms with van der Waals surface area (Å²) in [5.74, 6) is 0.387. The number of nitrogens with zero attached hydrogens (tertiary/aromatic N) is 2. The van der Waals surface area contributed by atoms with Crippen LogP contribution in [0.15, 0.2) is 77.7 Å². The van der Waals surface area contributed by atoms with Crippen molar-refractivity contribution in [3.05, 3.63) is 83.4 Å². The topological polar surface area (TPSA) is 105 Å². The first-order chi connectivity index (χ1) is 21.2. The molecule has 0 aromatic heterocycles. The Morgan fingerprint density at radius 3 is 2.11 bits per heavy atom. The summed E-state index contributed by atoms with van der Waals surface area (Å²) in [7, 11) is -1.16. The monoisotopic (exact) mass is 641 g/mol.